The molecule has 7 nitrogen and oxygen atoms in total. The summed E-state index contributed by atoms with van der Waals surface area (Å²) in [6, 6.07) is 7.75. The molecule has 0 unspecified atom stereocenters. The maximum atomic E-state index is 5.40. The lowest BCUT2D eigenvalue weighted by Crippen LogP contribution is -2.11. The van der Waals surface area contributed by atoms with Gasteiger partial charge in [0.2, 0.25) is 5.95 Å². The molecular formula is C11H11N7S. The Morgan fingerprint density at radius 2 is 2.11 bits per heavy atom. The monoisotopic (exact) mass is 273 g/mol. The van der Waals surface area contributed by atoms with E-state index >= 15 is 0 Å². The van der Waals surface area contributed by atoms with E-state index < -0.39 is 0 Å². The summed E-state index contributed by atoms with van der Waals surface area (Å²) in [5, 5.41) is 6.53. The number of nitrogen functional groups attached to an aromatic ring is 1. The highest BCUT2D eigenvalue weighted by atomic mass is 32.2. The van der Waals surface area contributed by atoms with Gasteiger partial charge in [-0.25, -0.2) is 25.5 Å². The molecule has 0 saturated carbocycles. The molecule has 0 saturated heterocycles. The van der Waals surface area contributed by atoms with Crippen molar-refractivity contribution in [3.05, 3.63) is 30.6 Å². The van der Waals surface area contributed by atoms with Crippen molar-refractivity contribution in [2.24, 2.45) is 12.9 Å². The molecule has 0 spiro atoms. The van der Waals surface area contributed by atoms with Crippen molar-refractivity contribution in [1.29, 1.82) is 0 Å². The Kier molecular flexibility index (Phi) is 3.02. The second-order valence-electron chi connectivity index (χ2n) is 3.78. The summed E-state index contributed by atoms with van der Waals surface area (Å²) in [7, 11) is 1.83. The topological polar surface area (TPSA) is 94.5 Å². The van der Waals surface area contributed by atoms with Gasteiger partial charge in [0.15, 0.2) is 5.16 Å². The third-order valence-corrected chi connectivity index (χ3v) is 3.61. The quantitative estimate of drug-likeness (QED) is 0.420. The number of nitrogens with one attached hydrogen (secondary N) is 1. The van der Waals surface area contributed by atoms with Crippen LogP contribution in [-0.4, -0.2) is 24.7 Å². The van der Waals surface area contributed by atoms with E-state index in [1.54, 1.807) is 4.68 Å². The molecule has 0 atom stereocenters. The van der Waals surface area contributed by atoms with Gasteiger partial charge in [0.1, 0.15) is 11.4 Å². The fraction of sp³-hybridized carbons (Fsp3) is 0.0909. The van der Waals surface area contributed by atoms with Crippen LogP contribution >= 0.6 is 11.8 Å². The zero-order chi connectivity index (χ0) is 13.2. The Hall–Kier alpha value is -2.19. The number of benzene rings is 1. The van der Waals surface area contributed by atoms with E-state index in [1.165, 1.54) is 18.1 Å². The lowest BCUT2D eigenvalue weighted by atomic mass is 10.2. The van der Waals surface area contributed by atoms with Gasteiger partial charge in [0, 0.05) is 12.4 Å². The van der Waals surface area contributed by atoms with Crippen LogP contribution in [0, 0.1) is 0 Å². The van der Waals surface area contributed by atoms with E-state index in [0.717, 1.165) is 21.1 Å². The molecule has 0 aliphatic carbocycles. The van der Waals surface area contributed by atoms with Crippen LogP contribution in [0.3, 0.4) is 0 Å². The van der Waals surface area contributed by atoms with E-state index in [-0.39, 0.29) is 0 Å². The number of aryl methyl sites for hydroxylation is 1. The van der Waals surface area contributed by atoms with Gasteiger partial charge < -0.3 is 0 Å². The van der Waals surface area contributed by atoms with Crippen LogP contribution in [0.4, 0.5) is 5.95 Å². The van der Waals surface area contributed by atoms with Crippen LogP contribution in [-0.2, 0) is 7.05 Å². The molecule has 2 heterocycles. The first-order valence-electron chi connectivity index (χ1n) is 5.53. The highest BCUT2D eigenvalue weighted by molar-refractivity contribution is 7.99. The third-order valence-electron chi connectivity index (χ3n) is 2.56. The normalized spacial score (nSPS) is 10.8. The Labute approximate surface area is 113 Å². The number of aromatic nitrogens is 5. The van der Waals surface area contributed by atoms with E-state index in [4.69, 9.17) is 5.84 Å². The third kappa shape index (κ3) is 2.23. The number of fused-ring (bicyclic) bond motifs is 1. The van der Waals surface area contributed by atoms with Crippen molar-refractivity contribution >= 4 is 28.6 Å². The molecule has 19 heavy (non-hydrogen) atoms. The number of hydrazine groups is 1. The van der Waals surface area contributed by atoms with Gasteiger partial charge in [-0.2, -0.15) is 5.10 Å². The maximum Gasteiger partial charge on any atom is 0.238 e. The molecule has 0 bridgehead atoms. The minimum Gasteiger partial charge on any atom is -0.292 e. The molecule has 0 amide bonds. The molecular weight excluding hydrogens is 262 g/mol. The smallest absolute Gasteiger partial charge is 0.238 e. The average Bonchev–Trinajstić information content (AvgIpc) is 2.84. The first kappa shape index (κ1) is 11.9. The summed E-state index contributed by atoms with van der Waals surface area (Å²) in [6.45, 7) is 0. The number of rotatable bonds is 3. The molecule has 3 aromatic rings. The minimum atomic E-state index is 0.378. The molecule has 0 fully saturated rings. The van der Waals surface area contributed by atoms with Gasteiger partial charge in [0.25, 0.3) is 0 Å². The summed E-state index contributed by atoms with van der Waals surface area (Å²) in [5.41, 5.74) is 3.30. The SMILES string of the molecule is Cn1ncnc1Sc1nc(NN)nc2ccccc12. The van der Waals surface area contributed by atoms with E-state index in [0.29, 0.717) is 5.95 Å². The number of hydrogen-bond acceptors (Lipinski definition) is 7. The van der Waals surface area contributed by atoms with Crippen LogP contribution in [0.1, 0.15) is 0 Å². The molecule has 0 radical (unpaired) electrons. The van der Waals surface area contributed by atoms with Gasteiger partial charge in [-0.3, -0.25) is 5.43 Å². The summed E-state index contributed by atoms with van der Waals surface area (Å²) in [6.07, 6.45) is 1.51. The molecule has 3 rings (SSSR count). The van der Waals surface area contributed by atoms with Crippen LogP contribution in [0.15, 0.2) is 40.8 Å². The highest BCUT2D eigenvalue weighted by Crippen LogP contribution is 2.30. The summed E-state index contributed by atoms with van der Waals surface area (Å²) < 4.78 is 1.69. The Morgan fingerprint density at radius 1 is 1.26 bits per heavy atom. The van der Waals surface area contributed by atoms with E-state index in [1.807, 2.05) is 31.3 Å². The lowest BCUT2D eigenvalue weighted by molar-refractivity contribution is 0.685. The van der Waals surface area contributed by atoms with Crippen molar-refractivity contribution in [2.45, 2.75) is 10.2 Å². The van der Waals surface area contributed by atoms with Crippen molar-refractivity contribution in [1.82, 2.24) is 24.7 Å². The second-order valence-corrected chi connectivity index (χ2v) is 4.74. The van der Waals surface area contributed by atoms with Crippen molar-refractivity contribution < 1.29 is 0 Å². The average molecular weight is 273 g/mol. The molecule has 1 aromatic carbocycles. The van der Waals surface area contributed by atoms with E-state index in [9.17, 15) is 0 Å². The van der Waals surface area contributed by atoms with Crippen LogP contribution in [0.2, 0.25) is 0 Å². The second kappa shape index (κ2) is 4.82. The van der Waals surface area contributed by atoms with E-state index in [2.05, 4.69) is 25.5 Å². The standard InChI is InChI=1S/C11H11N7S/c1-18-11(13-6-14-18)19-9-7-4-2-3-5-8(7)15-10(16-9)17-12/h2-6H,12H2,1H3,(H,15,16,17). The Bertz CT molecular complexity index is 724. The first-order valence-corrected chi connectivity index (χ1v) is 6.35. The van der Waals surface area contributed by atoms with Gasteiger partial charge in [-0.05, 0) is 17.8 Å². The lowest BCUT2D eigenvalue weighted by Gasteiger charge is -2.06. The highest BCUT2D eigenvalue weighted by Gasteiger charge is 2.11. The van der Waals surface area contributed by atoms with Crippen LogP contribution < -0.4 is 11.3 Å². The summed E-state index contributed by atoms with van der Waals surface area (Å²) in [4.78, 5) is 12.8. The number of hydrogen-bond donors (Lipinski definition) is 2. The maximum absolute atomic E-state index is 5.40. The van der Waals surface area contributed by atoms with Gasteiger partial charge in [-0.1, -0.05) is 18.2 Å². The number of para-hydroxylation sites is 1. The molecule has 0 aliphatic rings. The molecule has 0 aliphatic heterocycles. The van der Waals surface area contributed by atoms with Gasteiger partial charge in [0.05, 0.1) is 5.52 Å². The van der Waals surface area contributed by atoms with Crippen molar-refractivity contribution in [3.8, 4) is 0 Å². The zero-order valence-corrected chi connectivity index (χ0v) is 10.9. The predicted octanol–water partition coefficient (Wildman–Crippen LogP) is 1.20. The fourth-order valence-electron chi connectivity index (χ4n) is 1.65. The molecule has 2 aromatic heterocycles. The minimum absolute atomic E-state index is 0.378. The number of anilines is 1. The van der Waals surface area contributed by atoms with Gasteiger partial charge >= 0.3 is 0 Å². The predicted molar refractivity (Wildman–Crippen MR) is 72.5 cm³/mol. The van der Waals surface area contributed by atoms with Crippen LogP contribution in [0.5, 0.6) is 0 Å². The van der Waals surface area contributed by atoms with Crippen molar-refractivity contribution in [3.63, 3.8) is 0 Å². The number of nitrogens with zero attached hydrogens (tertiary/aromatic N) is 5. The van der Waals surface area contributed by atoms with Crippen LogP contribution in [0.25, 0.3) is 10.9 Å². The zero-order valence-electron chi connectivity index (χ0n) is 10.1. The van der Waals surface area contributed by atoms with Gasteiger partial charge in [-0.15, -0.1) is 0 Å². The fourth-order valence-corrected chi connectivity index (χ4v) is 2.52. The largest absolute Gasteiger partial charge is 0.292 e. The molecule has 8 heteroatoms. The summed E-state index contributed by atoms with van der Waals surface area (Å²) in [5.74, 6) is 5.77. The first-order chi connectivity index (χ1) is 9.28. The Morgan fingerprint density at radius 3 is 2.84 bits per heavy atom. The molecule has 3 N–H and O–H groups in total. The van der Waals surface area contributed by atoms with Crippen molar-refractivity contribution in [2.75, 3.05) is 5.43 Å². The summed E-state index contributed by atoms with van der Waals surface area (Å²) >= 11 is 1.42. The Balaban J connectivity index is 2.13. The molecule has 96 valence electrons. The number of nitrogens with two attached hydrogens (primary N) is 1.